The lowest BCUT2D eigenvalue weighted by atomic mass is 9.92. The summed E-state index contributed by atoms with van der Waals surface area (Å²) >= 11 is 7.44. The van der Waals surface area contributed by atoms with E-state index >= 15 is 0 Å². The molecule has 6 heteroatoms. The van der Waals surface area contributed by atoms with Crippen LogP contribution in [0, 0.1) is 20.8 Å². The minimum Gasteiger partial charge on any atom is -0.337 e. The molecular formula is C29H32Br2N4. The van der Waals surface area contributed by atoms with Crippen LogP contribution in [-0.2, 0) is 0 Å². The molecule has 0 amide bonds. The lowest BCUT2D eigenvalue weighted by Gasteiger charge is -2.22. The van der Waals surface area contributed by atoms with Crippen molar-refractivity contribution in [2.75, 3.05) is 10.6 Å². The first kappa shape index (κ1) is 25.6. The number of rotatable bonds is 6. The van der Waals surface area contributed by atoms with Crippen LogP contribution in [0.1, 0.15) is 67.3 Å². The fraction of sp³-hybridized carbons (Fsp3) is 0.310. The predicted molar refractivity (Wildman–Crippen MR) is 157 cm³/mol. The standard InChI is InChI=1S/C29H32Br2N4/c1-15(2)20-9-8-10-21(16(3)4)26(20)34-28-29(35-27-22(30)11-17(5)12-23(27)31)33-25-14-19(7)18(6)13-24(25)32-28/h8-16H,1-7H3,(H,32,34)(H,33,35). The Balaban J connectivity index is 1.93. The van der Waals surface area contributed by atoms with Crippen molar-refractivity contribution in [1.82, 2.24) is 9.97 Å². The molecule has 0 bridgehead atoms. The van der Waals surface area contributed by atoms with Gasteiger partial charge < -0.3 is 10.6 Å². The van der Waals surface area contributed by atoms with E-state index in [0.717, 1.165) is 36.9 Å². The van der Waals surface area contributed by atoms with Crippen LogP contribution in [0.4, 0.5) is 23.0 Å². The van der Waals surface area contributed by atoms with Crippen LogP contribution in [0.5, 0.6) is 0 Å². The number of fused-ring (bicyclic) bond motifs is 1. The predicted octanol–water partition coefficient (Wildman–Crippen LogP) is 9.81. The average Bonchev–Trinajstić information content (AvgIpc) is 2.77. The molecule has 4 nitrogen and oxygen atoms in total. The highest BCUT2D eigenvalue weighted by Crippen LogP contribution is 2.39. The molecule has 1 aromatic heterocycles. The second-order valence-corrected chi connectivity index (χ2v) is 11.5. The maximum absolute atomic E-state index is 5.08. The van der Waals surface area contributed by atoms with Gasteiger partial charge in [0.1, 0.15) is 0 Å². The van der Waals surface area contributed by atoms with Crippen LogP contribution in [0.25, 0.3) is 11.0 Å². The molecule has 0 fully saturated rings. The number of aromatic nitrogens is 2. The van der Waals surface area contributed by atoms with Crippen molar-refractivity contribution in [3.05, 3.63) is 79.2 Å². The van der Waals surface area contributed by atoms with E-state index in [-0.39, 0.29) is 0 Å². The van der Waals surface area contributed by atoms with E-state index in [1.165, 1.54) is 22.3 Å². The lowest BCUT2D eigenvalue weighted by molar-refractivity contribution is 0.838. The van der Waals surface area contributed by atoms with Gasteiger partial charge in [-0.25, -0.2) is 9.97 Å². The second-order valence-electron chi connectivity index (χ2n) is 9.82. The summed E-state index contributed by atoms with van der Waals surface area (Å²) in [6.07, 6.45) is 0. The summed E-state index contributed by atoms with van der Waals surface area (Å²) in [5.41, 5.74) is 9.85. The number of benzene rings is 3. The molecule has 35 heavy (non-hydrogen) atoms. The largest absolute Gasteiger partial charge is 0.337 e. The van der Waals surface area contributed by atoms with Crippen LogP contribution in [0.15, 0.2) is 51.4 Å². The van der Waals surface area contributed by atoms with Gasteiger partial charge in [-0.15, -0.1) is 0 Å². The van der Waals surface area contributed by atoms with E-state index in [0.29, 0.717) is 23.5 Å². The summed E-state index contributed by atoms with van der Waals surface area (Å²) < 4.78 is 1.92. The van der Waals surface area contributed by atoms with E-state index in [9.17, 15) is 0 Å². The number of aryl methyl sites for hydroxylation is 3. The lowest BCUT2D eigenvalue weighted by Crippen LogP contribution is -2.08. The molecule has 0 aliphatic rings. The SMILES string of the molecule is Cc1cc(Br)c(Nc2nc3cc(C)c(C)cc3nc2Nc2c(C(C)C)cccc2C(C)C)c(Br)c1. The summed E-state index contributed by atoms with van der Waals surface area (Å²) in [6.45, 7) is 15.2. The summed E-state index contributed by atoms with van der Waals surface area (Å²) in [4.78, 5) is 10.1. The molecule has 0 saturated carbocycles. The van der Waals surface area contributed by atoms with E-state index < -0.39 is 0 Å². The van der Waals surface area contributed by atoms with Gasteiger partial charge in [0.2, 0.25) is 0 Å². The van der Waals surface area contributed by atoms with Gasteiger partial charge in [0.25, 0.3) is 0 Å². The molecule has 0 unspecified atom stereocenters. The van der Waals surface area contributed by atoms with Crippen molar-refractivity contribution < 1.29 is 0 Å². The Morgan fingerprint density at radius 3 is 1.51 bits per heavy atom. The number of para-hydroxylation sites is 1. The molecule has 3 aromatic carbocycles. The first-order valence-corrected chi connectivity index (χ1v) is 13.5. The highest BCUT2D eigenvalue weighted by atomic mass is 79.9. The van der Waals surface area contributed by atoms with Crippen LogP contribution >= 0.6 is 31.9 Å². The summed E-state index contributed by atoms with van der Waals surface area (Å²) in [5, 5.41) is 7.25. The quantitative estimate of drug-likeness (QED) is 0.233. The first-order chi connectivity index (χ1) is 16.5. The molecule has 1 heterocycles. The Morgan fingerprint density at radius 2 is 1.09 bits per heavy atom. The van der Waals surface area contributed by atoms with Gasteiger partial charge in [-0.3, -0.25) is 0 Å². The average molecular weight is 596 g/mol. The van der Waals surface area contributed by atoms with E-state index in [2.05, 4.69) is 133 Å². The molecule has 0 spiro atoms. The Bertz CT molecular complexity index is 1360. The fourth-order valence-corrected chi connectivity index (χ4v) is 5.85. The normalized spacial score (nSPS) is 11.5. The fourth-order valence-electron chi connectivity index (χ4n) is 4.24. The van der Waals surface area contributed by atoms with E-state index in [1.54, 1.807) is 0 Å². The van der Waals surface area contributed by atoms with Gasteiger partial charge in [-0.2, -0.15) is 0 Å². The Labute approximate surface area is 225 Å². The molecule has 0 aliphatic carbocycles. The van der Waals surface area contributed by atoms with Gasteiger partial charge in [0, 0.05) is 14.6 Å². The van der Waals surface area contributed by atoms with Crippen molar-refractivity contribution >= 4 is 65.9 Å². The highest BCUT2D eigenvalue weighted by molar-refractivity contribution is 9.11. The topological polar surface area (TPSA) is 49.8 Å². The minimum absolute atomic E-state index is 0.367. The maximum atomic E-state index is 5.08. The molecule has 4 rings (SSSR count). The smallest absolute Gasteiger partial charge is 0.174 e. The third-order valence-electron chi connectivity index (χ3n) is 6.33. The third-order valence-corrected chi connectivity index (χ3v) is 7.58. The van der Waals surface area contributed by atoms with Crippen molar-refractivity contribution in [2.45, 2.75) is 60.3 Å². The molecule has 0 atom stereocenters. The van der Waals surface area contributed by atoms with Crippen LogP contribution < -0.4 is 10.6 Å². The van der Waals surface area contributed by atoms with E-state index in [1.807, 2.05) is 0 Å². The zero-order chi connectivity index (χ0) is 25.4. The van der Waals surface area contributed by atoms with Gasteiger partial charge in [0.15, 0.2) is 11.6 Å². The monoisotopic (exact) mass is 594 g/mol. The van der Waals surface area contributed by atoms with Crippen LogP contribution in [0.2, 0.25) is 0 Å². The zero-order valence-corrected chi connectivity index (χ0v) is 24.5. The minimum atomic E-state index is 0.367. The number of nitrogens with zero attached hydrogens (tertiary/aromatic N) is 2. The number of hydrogen-bond donors (Lipinski definition) is 2. The molecule has 0 aliphatic heterocycles. The Morgan fingerprint density at radius 1 is 0.657 bits per heavy atom. The molecule has 0 radical (unpaired) electrons. The van der Waals surface area contributed by atoms with Crippen LogP contribution in [0.3, 0.4) is 0 Å². The summed E-state index contributed by atoms with van der Waals surface area (Å²) in [7, 11) is 0. The molecule has 2 N–H and O–H groups in total. The summed E-state index contributed by atoms with van der Waals surface area (Å²) in [6, 6.07) is 14.9. The second kappa shape index (κ2) is 10.3. The maximum Gasteiger partial charge on any atom is 0.174 e. The zero-order valence-electron chi connectivity index (χ0n) is 21.3. The number of hydrogen-bond acceptors (Lipinski definition) is 4. The number of nitrogens with one attached hydrogen (secondary N) is 2. The molecular weight excluding hydrogens is 564 g/mol. The van der Waals surface area contributed by atoms with Gasteiger partial charge in [-0.1, -0.05) is 45.9 Å². The van der Waals surface area contributed by atoms with Gasteiger partial charge in [-0.05, 0) is 117 Å². The Hall–Kier alpha value is -2.44. The molecule has 0 saturated heterocycles. The van der Waals surface area contributed by atoms with Gasteiger partial charge in [0.05, 0.1) is 16.7 Å². The number of halogens is 2. The van der Waals surface area contributed by atoms with Crippen molar-refractivity contribution in [3.8, 4) is 0 Å². The first-order valence-electron chi connectivity index (χ1n) is 12.0. The van der Waals surface area contributed by atoms with Crippen molar-refractivity contribution in [3.63, 3.8) is 0 Å². The van der Waals surface area contributed by atoms with Crippen LogP contribution in [-0.4, -0.2) is 9.97 Å². The van der Waals surface area contributed by atoms with E-state index in [4.69, 9.17) is 9.97 Å². The molecule has 4 aromatic rings. The highest BCUT2D eigenvalue weighted by Gasteiger charge is 2.19. The summed E-state index contributed by atoms with van der Waals surface area (Å²) in [5.74, 6) is 2.12. The van der Waals surface area contributed by atoms with Gasteiger partial charge >= 0.3 is 0 Å². The Kier molecular flexibility index (Phi) is 7.53. The third kappa shape index (κ3) is 5.39. The molecule has 182 valence electrons. The van der Waals surface area contributed by atoms with Crippen molar-refractivity contribution in [2.24, 2.45) is 0 Å². The number of anilines is 4. The van der Waals surface area contributed by atoms with Crippen molar-refractivity contribution in [1.29, 1.82) is 0 Å².